The van der Waals surface area contributed by atoms with Gasteiger partial charge in [0.25, 0.3) is 0 Å². The Morgan fingerprint density at radius 3 is 2.47 bits per heavy atom. The number of benzene rings is 2. The highest BCUT2D eigenvalue weighted by atomic mass is 35.5. The van der Waals surface area contributed by atoms with Gasteiger partial charge in [0.1, 0.15) is 10.9 Å². The van der Waals surface area contributed by atoms with Gasteiger partial charge in [-0.15, -0.1) is 0 Å². The molecule has 0 aromatic heterocycles. The van der Waals surface area contributed by atoms with Gasteiger partial charge in [0.05, 0.1) is 11.5 Å². The van der Waals surface area contributed by atoms with E-state index >= 15 is 0 Å². The Kier molecular flexibility index (Phi) is 6.22. The molecule has 0 radical (unpaired) electrons. The first-order valence-electron chi connectivity index (χ1n) is 9.75. The minimum absolute atomic E-state index is 0.172. The number of carbonyl (C=O) groups excluding carboxylic acids is 1. The zero-order chi connectivity index (χ0) is 21.1. The second kappa shape index (κ2) is 8.88. The Hall–Kier alpha value is -2.22. The van der Waals surface area contributed by atoms with Crippen LogP contribution < -0.4 is 5.32 Å². The van der Waals surface area contributed by atoms with E-state index in [1.165, 1.54) is 23.9 Å². The number of hydrogen-bond acceptors (Lipinski definition) is 5. The third kappa shape index (κ3) is 4.91. The maximum absolute atomic E-state index is 13.0. The van der Waals surface area contributed by atoms with Crippen molar-refractivity contribution >= 4 is 45.7 Å². The molecule has 2 aliphatic heterocycles. The standard InChI is InChI=1S/C22H22ClFN4OS/c1-28-12-10-22(11-13-28)26-20(15-2-4-16(23)5-3-15)21(27-22)30-14-19(29)25-18-8-6-17(24)7-9-18/h2-9H,10-14H2,1H3,(H,25,29). The number of amides is 1. The van der Waals surface area contributed by atoms with Crippen LogP contribution in [-0.4, -0.2) is 53.1 Å². The smallest absolute Gasteiger partial charge is 0.234 e. The summed E-state index contributed by atoms with van der Waals surface area (Å²) in [5.74, 6) is -0.317. The molecule has 2 heterocycles. The molecule has 2 aromatic carbocycles. The van der Waals surface area contributed by atoms with E-state index in [-0.39, 0.29) is 17.5 Å². The number of aliphatic imine (C=N–C) groups is 2. The molecule has 2 aliphatic rings. The molecule has 8 heteroatoms. The molecule has 0 aliphatic carbocycles. The number of halogens is 2. The molecule has 1 N–H and O–H groups in total. The van der Waals surface area contributed by atoms with E-state index in [0.29, 0.717) is 10.7 Å². The molecular formula is C22H22ClFN4OS. The zero-order valence-corrected chi connectivity index (χ0v) is 18.1. The lowest BCUT2D eigenvalue weighted by Crippen LogP contribution is -2.39. The molecule has 0 saturated carbocycles. The number of piperidine rings is 1. The van der Waals surface area contributed by atoms with Gasteiger partial charge in [-0.05, 0) is 43.4 Å². The fourth-order valence-corrected chi connectivity index (χ4v) is 4.48. The van der Waals surface area contributed by atoms with Gasteiger partial charge < -0.3 is 10.2 Å². The van der Waals surface area contributed by atoms with Crippen LogP contribution >= 0.6 is 23.4 Å². The maximum atomic E-state index is 13.0. The molecule has 1 fully saturated rings. The normalized spacial score (nSPS) is 18.2. The molecule has 2 aromatic rings. The Bertz CT molecular complexity index is 983. The Balaban J connectivity index is 1.50. The first-order chi connectivity index (χ1) is 14.4. The SMILES string of the molecule is CN1CCC2(CC1)N=C(SCC(=O)Nc1ccc(F)cc1)C(c1ccc(Cl)cc1)=N2. The van der Waals surface area contributed by atoms with Crippen LogP contribution in [0.2, 0.25) is 5.02 Å². The van der Waals surface area contributed by atoms with Crippen LogP contribution in [-0.2, 0) is 4.79 Å². The van der Waals surface area contributed by atoms with E-state index in [0.717, 1.165) is 42.3 Å². The quantitative estimate of drug-likeness (QED) is 0.756. The third-order valence-corrected chi connectivity index (χ3v) is 6.42. The number of carbonyl (C=O) groups is 1. The van der Waals surface area contributed by atoms with Crippen molar-refractivity contribution in [3.8, 4) is 0 Å². The van der Waals surface area contributed by atoms with E-state index in [1.54, 1.807) is 12.1 Å². The average Bonchev–Trinajstić information content (AvgIpc) is 3.09. The van der Waals surface area contributed by atoms with Crippen LogP contribution in [0.4, 0.5) is 10.1 Å². The Morgan fingerprint density at radius 2 is 1.80 bits per heavy atom. The topological polar surface area (TPSA) is 57.1 Å². The fraction of sp³-hybridized carbons (Fsp3) is 0.318. The highest BCUT2D eigenvalue weighted by Crippen LogP contribution is 2.35. The van der Waals surface area contributed by atoms with Crippen LogP contribution in [0.15, 0.2) is 58.5 Å². The summed E-state index contributed by atoms with van der Waals surface area (Å²) in [6.45, 7) is 1.87. The van der Waals surface area contributed by atoms with Gasteiger partial charge in [-0.25, -0.2) is 9.38 Å². The van der Waals surface area contributed by atoms with Crippen molar-refractivity contribution in [2.75, 3.05) is 31.2 Å². The highest BCUT2D eigenvalue weighted by Gasteiger charge is 2.39. The summed E-state index contributed by atoms with van der Waals surface area (Å²) < 4.78 is 13.0. The third-order valence-electron chi connectivity index (χ3n) is 5.21. The van der Waals surface area contributed by atoms with E-state index in [4.69, 9.17) is 21.6 Å². The summed E-state index contributed by atoms with van der Waals surface area (Å²) >= 11 is 7.42. The van der Waals surface area contributed by atoms with Crippen LogP contribution in [0.5, 0.6) is 0 Å². The van der Waals surface area contributed by atoms with E-state index < -0.39 is 5.66 Å². The van der Waals surface area contributed by atoms with Gasteiger partial charge in [0.15, 0.2) is 5.66 Å². The van der Waals surface area contributed by atoms with Crippen LogP contribution in [0, 0.1) is 5.82 Å². The maximum Gasteiger partial charge on any atom is 0.234 e. The lowest BCUT2D eigenvalue weighted by molar-refractivity contribution is -0.113. The number of rotatable bonds is 4. The van der Waals surface area contributed by atoms with E-state index in [2.05, 4.69) is 17.3 Å². The van der Waals surface area contributed by atoms with Gasteiger partial charge in [-0.3, -0.25) is 9.79 Å². The van der Waals surface area contributed by atoms with Crippen molar-refractivity contribution in [2.45, 2.75) is 18.5 Å². The van der Waals surface area contributed by atoms with Gasteiger partial charge in [0.2, 0.25) is 5.91 Å². The summed E-state index contributed by atoms with van der Waals surface area (Å²) in [6.07, 6.45) is 1.71. The number of nitrogens with zero attached hydrogens (tertiary/aromatic N) is 3. The van der Waals surface area contributed by atoms with Crippen molar-refractivity contribution in [3.63, 3.8) is 0 Å². The van der Waals surface area contributed by atoms with Crippen LogP contribution in [0.25, 0.3) is 0 Å². The lowest BCUT2D eigenvalue weighted by atomic mass is 9.99. The molecular weight excluding hydrogens is 423 g/mol. The summed E-state index contributed by atoms with van der Waals surface area (Å²) in [5, 5.41) is 4.22. The Labute approximate surface area is 184 Å². The minimum Gasteiger partial charge on any atom is -0.325 e. The van der Waals surface area contributed by atoms with Gasteiger partial charge in [0, 0.05) is 42.2 Å². The summed E-state index contributed by atoms with van der Waals surface area (Å²) in [4.78, 5) is 24.7. The highest BCUT2D eigenvalue weighted by molar-refractivity contribution is 8.16. The molecule has 0 unspecified atom stereocenters. The minimum atomic E-state index is -0.447. The van der Waals surface area contributed by atoms with Gasteiger partial charge in [-0.1, -0.05) is 35.5 Å². The van der Waals surface area contributed by atoms with Crippen molar-refractivity contribution < 1.29 is 9.18 Å². The monoisotopic (exact) mass is 444 g/mol. The summed E-state index contributed by atoms with van der Waals surface area (Å²) in [7, 11) is 2.10. The lowest BCUT2D eigenvalue weighted by Gasteiger charge is -2.33. The first kappa shape index (κ1) is 21.0. The average molecular weight is 445 g/mol. The molecule has 5 nitrogen and oxygen atoms in total. The number of hydrogen-bond donors (Lipinski definition) is 1. The second-order valence-corrected chi connectivity index (χ2v) is 8.91. The number of likely N-dealkylation sites (tertiary alicyclic amines) is 1. The van der Waals surface area contributed by atoms with Crippen LogP contribution in [0.3, 0.4) is 0 Å². The number of anilines is 1. The molecule has 1 spiro atoms. The van der Waals surface area contributed by atoms with Crippen molar-refractivity contribution in [3.05, 3.63) is 64.9 Å². The molecule has 156 valence electrons. The molecule has 0 bridgehead atoms. The van der Waals surface area contributed by atoms with E-state index in [1.807, 2.05) is 24.3 Å². The number of nitrogens with one attached hydrogen (secondary N) is 1. The van der Waals surface area contributed by atoms with Gasteiger partial charge in [-0.2, -0.15) is 0 Å². The molecule has 4 rings (SSSR count). The summed E-state index contributed by atoms with van der Waals surface area (Å²) in [6, 6.07) is 13.3. The van der Waals surface area contributed by atoms with E-state index in [9.17, 15) is 9.18 Å². The second-order valence-electron chi connectivity index (χ2n) is 7.51. The van der Waals surface area contributed by atoms with Crippen LogP contribution in [0.1, 0.15) is 18.4 Å². The largest absolute Gasteiger partial charge is 0.325 e. The van der Waals surface area contributed by atoms with Crippen molar-refractivity contribution in [2.24, 2.45) is 9.98 Å². The number of thioether (sulfide) groups is 1. The Morgan fingerprint density at radius 1 is 1.13 bits per heavy atom. The molecule has 0 atom stereocenters. The summed E-state index contributed by atoms with van der Waals surface area (Å²) in [5.41, 5.74) is 1.88. The predicted octanol–water partition coefficient (Wildman–Crippen LogP) is 4.47. The van der Waals surface area contributed by atoms with Crippen molar-refractivity contribution in [1.82, 2.24) is 4.90 Å². The zero-order valence-electron chi connectivity index (χ0n) is 16.6. The van der Waals surface area contributed by atoms with Gasteiger partial charge >= 0.3 is 0 Å². The van der Waals surface area contributed by atoms with Crippen molar-refractivity contribution in [1.29, 1.82) is 0 Å². The molecule has 30 heavy (non-hydrogen) atoms. The predicted molar refractivity (Wildman–Crippen MR) is 122 cm³/mol. The fourth-order valence-electron chi connectivity index (χ4n) is 3.48. The molecule has 1 saturated heterocycles. The first-order valence-corrected chi connectivity index (χ1v) is 11.1. The molecule has 1 amide bonds.